The average Bonchev–Trinajstić information content (AvgIpc) is 2.16. The molecule has 0 rings (SSSR count). The first kappa shape index (κ1) is 16.3. The molecular formula is C10H23N3O3S. The molecule has 0 aliphatic rings. The second-order valence-corrected chi connectivity index (χ2v) is 6.82. The lowest BCUT2D eigenvalue weighted by Crippen LogP contribution is -2.52. The van der Waals surface area contributed by atoms with Crippen molar-refractivity contribution in [2.75, 3.05) is 26.4 Å². The third-order valence-corrected chi connectivity index (χ3v) is 4.32. The monoisotopic (exact) mass is 265 g/mol. The van der Waals surface area contributed by atoms with E-state index >= 15 is 0 Å². The first-order valence-corrected chi connectivity index (χ1v) is 7.22. The van der Waals surface area contributed by atoms with E-state index in [9.17, 15) is 13.2 Å². The molecule has 0 bridgehead atoms. The molecule has 17 heavy (non-hydrogen) atoms. The largest absolute Gasteiger partial charge is 0.353 e. The zero-order chi connectivity index (χ0) is 13.7. The number of carbonyl (C=O) groups is 1. The average molecular weight is 265 g/mol. The molecule has 0 saturated heterocycles. The van der Waals surface area contributed by atoms with Crippen molar-refractivity contribution in [3.05, 3.63) is 0 Å². The van der Waals surface area contributed by atoms with E-state index in [4.69, 9.17) is 5.73 Å². The van der Waals surface area contributed by atoms with Crippen molar-refractivity contribution in [2.45, 2.75) is 32.2 Å². The lowest BCUT2D eigenvalue weighted by atomic mass is 9.97. The Morgan fingerprint density at radius 3 is 2.35 bits per heavy atom. The first-order chi connectivity index (χ1) is 7.63. The van der Waals surface area contributed by atoms with Gasteiger partial charge >= 0.3 is 0 Å². The molecule has 3 N–H and O–H groups in total. The van der Waals surface area contributed by atoms with Crippen LogP contribution in [0.2, 0.25) is 0 Å². The number of hydrogen-bond donors (Lipinski definition) is 2. The lowest BCUT2D eigenvalue weighted by molar-refractivity contribution is -0.125. The van der Waals surface area contributed by atoms with E-state index in [2.05, 4.69) is 5.32 Å². The van der Waals surface area contributed by atoms with Gasteiger partial charge in [-0.05, 0) is 13.3 Å². The van der Waals surface area contributed by atoms with Crippen LogP contribution < -0.4 is 11.1 Å². The highest BCUT2D eigenvalue weighted by Gasteiger charge is 2.27. The summed E-state index contributed by atoms with van der Waals surface area (Å²) in [5.41, 5.74) is 4.87. The van der Waals surface area contributed by atoms with Gasteiger partial charge in [0.15, 0.2) is 0 Å². The molecule has 0 aromatic heterocycles. The fourth-order valence-corrected chi connectivity index (χ4v) is 2.04. The summed E-state index contributed by atoms with van der Waals surface area (Å²) >= 11 is 0. The van der Waals surface area contributed by atoms with Crippen LogP contribution in [-0.4, -0.2) is 50.6 Å². The van der Waals surface area contributed by atoms with E-state index in [0.29, 0.717) is 6.42 Å². The van der Waals surface area contributed by atoms with Gasteiger partial charge in [0, 0.05) is 20.6 Å². The van der Waals surface area contributed by atoms with Crippen LogP contribution in [0.5, 0.6) is 0 Å². The highest BCUT2D eigenvalue weighted by molar-refractivity contribution is 7.89. The lowest BCUT2D eigenvalue weighted by Gasteiger charge is -2.23. The molecule has 102 valence electrons. The Kier molecular flexibility index (Phi) is 6.08. The highest BCUT2D eigenvalue weighted by Crippen LogP contribution is 2.08. The molecule has 7 heteroatoms. The number of rotatable bonds is 7. The fourth-order valence-electron chi connectivity index (χ4n) is 1.31. The van der Waals surface area contributed by atoms with Gasteiger partial charge in [0.2, 0.25) is 15.9 Å². The van der Waals surface area contributed by atoms with Crippen molar-refractivity contribution in [1.82, 2.24) is 9.62 Å². The van der Waals surface area contributed by atoms with Crippen molar-refractivity contribution in [3.63, 3.8) is 0 Å². The molecule has 1 atom stereocenters. The molecule has 1 unspecified atom stereocenters. The normalized spacial score (nSPS) is 15.6. The SMILES string of the molecule is CCCC(C)(N)C(=O)NCCS(=O)(=O)N(C)C. The predicted octanol–water partition coefficient (Wildman–Crippen LogP) is -0.488. The van der Waals surface area contributed by atoms with Gasteiger partial charge < -0.3 is 11.1 Å². The summed E-state index contributed by atoms with van der Waals surface area (Å²) in [5, 5.41) is 2.55. The van der Waals surface area contributed by atoms with Crippen LogP contribution >= 0.6 is 0 Å². The van der Waals surface area contributed by atoms with E-state index in [0.717, 1.165) is 10.7 Å². The Morgan fingerprint density at radius 1 is 1.41 bits per heavy atom. The van der Waals surface area contributed by atoms with Crippen molar-refractivity contribution in [3.8, 4) is 0 Å². The molecule has 6 nitrogen and oxygen atoms in total. The second kappa shape index (κ2) is 6.32. The van der Waals surface area contributed by atoms with E-state index in [-0.39, 0.29) is 18.2 Å². The number of amides is 1. The fraction of sp³-hybridized carbons (Fsp3) is 0.900. The second-order valence-electron chi connectivity index (χ2n) is 4.52. The number of nitrogens with one attached hydrogen (secondary N) is 1. The quantitative estimate of drug-likeness (QED) is 0.650. The van der Waals surface area contributed by atoms with Gasteiger partial charge in [0.25, 0.3) is 0 Å². The summed E-state index contributed by atoms with van der Waals surface area (Å²) < 4.78 is 24.0. The first-order valence-electron chi connectivity index (χ1n) is 5.61. The Labute approximate surface area is 104 Å². The molecular weight excluding hydrogens is 242 g/mol. The van der Waals surface area contributed by atoms with Gasteiger partial charge in [-0.3, -0.25) is 4.79 Å². The Morgan fingerprint density at radius 2 is 1.94 bits per heavy atom. The molecule has 0 radical (unpaired) electrons. The zero-order valence-electron chi connectivity index (χ0n) is 11.0. The third-order valence-electron chi connectivity index (χ3n) is 2.49. The minimum atomic E-state index is -3.27. The van der Waals surface area contributed by atoms with Crippen LogP contribution in [0.3, 0.4) is 0 Å². The maximum atomic E-state index is 11.7. The van der Waals surface area contributed by atoms with Gasteiger partial charge in [-0.15, -0.1) is 0 Å². The Bertz CT molecular complexity index is 350. The number of nitrogens with zero attached hydrogens (tertiary/aromatic N) is 1. The van der Waals surface area contributed by atoms with Crippen LogP contribution in [0.25, 0.3) is 0 Å². The smallest absolute Gasteiger partial charge is 0.239 e. The molecule has 0 saturated carbocycles. The molecule has 0 fully saturated rings. The summed E-state index contributed by atoms with van der Waals surface area (Å²) in [7, 11) is -0.355. The van der Waals surface area contributed by atoms with Gasteiger partial charge in [-0.25, -0.2) is 12.7 Å². The van der Waals surface area contributed by atoms with Crippen molar-refractivity contribution >= 4 is 15.9 Å². The van der Waals surface area contributed by atoms with Gasteiger partial charge in [0.1, 0.15) is 0 Å². The zero-order valence-corrected chi connectivity index (χ0v) is 11.8. The number of sulfonamides is 1. The van der Waals surface area contributed by atoms with Crippen LogP contribution in [0.1, 0.15) is 26.7 Å². The predicted molar refractivity (Wildman–Crippen MR) is 68.0 cm³/mol. The van der Waals surface area contributed by atoms with E-state index in [1.807, 2.05) is 6.92 Å². The van der Waals surface area contributed by atoms with E-state index in [1.54, 1.807) is 6.92 Å². The molecule has 0 aromatic rings. The van der Waals surface area contributed by atoms with Crippen LogP contribution in [-0.2, 0) is 14.8 Å². The molecule has 0 spiro atoms. The van der Waals surface area contributed by atoms with Crippen molar-refractivity contribution < 1.29 is 13.2 Å². The molecule has 0 heterocycles. The maximum absolute atomic E-state index is 11.7. The molecule has 0 aromatic carbocycles. The molecule has 0 aliphatic carbocycles. The van der Waals surface area contributed by atoms with Gasteiger partial charge in [0.05, 0.1) is 11.3 Å². The van der Waals surface area contributed by atoms with Crippen LogP contribution in [0.15, 0.2) is 0 Å². The van der Waals surface area contributed by atoms with E-state index < -0.39 is 15.6 Å². The summed E-state index contributed by atoms with van der Waals surface area (Å²) in [5.74, 6) is -0.429. The Balaban J connectivity index is 4.19. The minimum Gasteiger partial charge on any atom is -0.353 e. The summed E-state index contributed by atoms with van der Waals surface area (Å²) in [6, 6.07) is 0. The third kappa shape index (κ3) is 5.47. The van der Waals surface area contributed by atoms with Gasteiger partial charge in [-0.2, -0.15) is 0 Å². The summed E-state index contributed by atoms with van der Waals surface area (Å²) in [6.07, 6.45) is 1.37. The highest BCUT2D eigenvalue weighted by atomic mass is 32.2. The van der Waals surface area contributed by atoms with Gasteiger partial charge in [-0.1, -0.05) is 13.3 Å². The molecule has 1 amide bonds. The van der Waals surface area contributed by atoms with Crippen molar-refractivity contribution in [1.29, 1.82) is 0 Å². The standard InChI is InChI=1S/C10H23N3O3S/c1-5-6-10(2,11)9(14)12-7-8-17(15,16)13(3)4/h5-8,11H2,1-4H3,(H,12,14). The summed E-state index contributed by atoms with van der Waals surface area (Å²) in [6.45, 7) is 3.66. The number of nitrogens with two attached hydrogens (primary N) is 1. The number of carbonyl (C=O) groups excluding carboxylic acids is 1. The topological polar surface area (TPSA) is 92.5 Å². The van der Waals surface area contributed by atoms with Crippen molar-refractivity contribution in [2.24, 2.45) is 5.73 Å². The molecule has 0 aliphatic heterocycles. The van der Waals surface area contributed by atoms with Crippen LogP contribution in [0.4, 0.5) is 0 Å². The van der Waals surface area contributed by atoms with Crippen LogP contribution in [0, 0.1) is 0 Å². The Hall–Kier alpha value is -0.660. The number of hydrogen-bond acceptors (Lipinski definition) is 4. The minimum absolute atomic E-state index is 0.0792. The maximum Gasteiger partial charge on any atom is 0.239 e. The van der Waals surface area contributed by atoms with E-state index in [1.165, 1.54) is 14.1 Å². The summed E-state index contributed by atoms with van der Waals surface area (Å²) in [4.78, 5) is 11.7.